The van der Waals surface area contributed by atoms with E-state index in [1.54, 1.807) is 26.5 Å². The van der Waals surface area contributed by atoms with Crippen LogP contribution in [-0.4, -0.2) is 3.21 Å². The van der Waals surface area contributed by atoms with Crippen molar-refractivity contribution in [2.45, 2.75) is 80.1 Å². The van der Waals surface area contributed by atoms with Crippen molar-refractivity contribution in [3.8, 4) is 11.1 Å². The van der Waals surface area contributed by atoms with Gasteiger partial charge in [-0.05, 0) is 0 Å². The molecule has 1 unspecified atom stereocenters. The van der Waals surface area contributed by atoms with E-state index in [0.717, 1.165) is 30.1 Å². The quantitative estimate of drug-likeness (QED) is 0.238. The molecule has 6 aliphatic rings. The molecule has 6 aliphatic carbocycles. The number of halogens is 2. The summed E-state index contributed by atoms with van der Waals surface area (Å²) in [6.07, 6.45) is 14.1. The summed E-state index contributed by atoms with van der Waals surface area (Å²) in [5, 5.41) is 0. The van der Waals surface area contributed by atoms with E-state index < -0.39 is 21.3 Å². The molecule has 0 heterocycles. The minimum atomic E-state index is -2.86. The average molecular weight is 777 g/mol. The number of hydrogen-bond donors (Lipinski definition) is 0. The topological polar surface area (TPSA) is 0 Å². The maximum absolute atomic E-state index is 2.86. The molecule has 256 valence electrons. The third-order valence-electron chi connectivity index (χ3n) is 13.9. The summed E-state index contributed by atoms with van der Waals surface area (Å²) in [6.45, 7) is 14.7. The van der Waals surface area contributed by atoms with E-state index in [-0.39, 0.29) is 24.8 Å². The molecule has 4 saturated carbocycles. The molecule has 1 atom stereocenters. The first-order valence-electron chi connectivity index (χ1n) is 18.7. The van der Waals surface area contributed by atoms with E-state index >= 15 is 0 Å². The Morgan fingerprint density at radius 3 is 1.80 bits per heavy atom. The van der Waals surface area contributed by atoms with Crippen LogP contribution >= 0.6 is 0 Å². The summed E-state index contributed by atoms with van der Waals surface area (Å²) in [5.74, 6) is 4.21. The van der Waals surface area contributed by atoms with Gasteiger partial charge in [0.15, 0.2) is 0 Å². The van der Waals surface area contributed by atoms with Gasteiger partial charge < -0.3 is 24.8 Å². The first kappa shape index (κ1) is 36.1. The van der Waals surface area contributed by atoms with Gasteiger partial charge in [-0.25, -0.2) is 0 Å². The summed E-state index contributed by atoms with van der Waals surface area (Å²) in [5.41, 5.74) is 16.9. The van der Waals surface area contributed by atoms with Gasteiger partial charge in [0.2, 0.25) is 0 Å². The number of allylic oxidation sites excluding steroid dienone is 4. The summed E-state index contributed by atoms with van der Waals surface area (Å²) < 4.78 is 5.20. The fourth-order valence-corrected chi connectivity index (χ4v) is 20.3. The van der Waals surface area contributed by atoms with Gasteiger partial charge in [0.1, 0.15) is 0 Å². The van der Waals surface area contributed by atoms with Crippen molar-refractivity contribution in [3.05, 3.63) is 144 Å². The molecule has 0 spiro atoms. The largest absolute Gasteiger partial charge is 1.00 e. The van der Waals surface area contributed by atoms with Gasteiger partial charge in [-0.1, -0.05) is 0 Å². The molecule has 10 rings (SSSR count). The fourth-order valence-electron chi connectivity index (χ4n) is 11.3. The zero-order valence-electron chi connectivity index (χ0n) is 30.5. The van der Waals surface area contributed by atoms with E-state index in [1.807, 2.05) is 0 Å². The molecule has 0 saturated heterocycles. The number of hydrogen-bond acceptors (Lipinski definition) is 0. The molecule has 4 fully saturated rings. The van der Waals surface area contributed by atoms with Crippen LogP contribution in [0.3, 0.4) is 0 Å². The van der Waals surface area contributed by atoms with Gasteiger partial charge in [-0.15, -0.1) is 0 Å². The summed E-state index contributed by atoms with van der Waals surface area (Å²) >= 11 is -2.86. The normalized spacial score (nSPS) is 26.5. The van der Waals surface area contributed by atoms with Crippen LogP contribution in [0.5, 0.6) is 0 Å². The Labute approximate surface area is 320 Å². The maximum Gasteiger partial charge on any atom is -1.00 e. The van der Waals surface area contributed by atoms with Crippen molar-refractivity contribution < 1.29 is 46.1 Å². The van der Waals surface area contributed by atoms with E-state index in [0.29, 0.717) is 11.3 Å². The Balaban J connectivity index is 0.00000196. The Morgan fingerprint density at radius 2 is 1.22 bits per heavy atom. The molecule has 3 heteroatoms. The summed E-state index contributed by atoms with van der Waals surface area (Å²) in [4.78, 5) is 0. The third-order valence-corrected chi connectivity index (χ3v) is 22.4. The number of benzene rings is 4. The van der Waals surface area contributed by atoms with Gasteiger partial charge in [0, 0.05) is 0 Å². The van der Waals surface area contributed by atoms with Crippen molar-refractivity contribution >= 4 is 6.48 Å². The second kappa shape index (κ2) is 13.6. The van der Waals surface area contributed by atoms with Crippen molar-refractivity contribution in [3.63, 3.8) is 0 Å². The number of aryl methyl sites for hydroxylation is 3. The predicted molar refractivity (Wildman–Crippen MR) is 200 cm³/mol. The molecule has 0 aliphatic heterocycles. The first-order valence-corrected chi connectivity index (χ1v) is 22.4. The zero-order chi connectivity index (χ0) is 32.9. The van der Waals surface area contributed by atoms with Crippen LogP contribution in [-0.2, 0) is 27.7 Å². The van der Waals surface area contributed by atoms with Gasteiger partial charge >= 0.3 is 298 Å². The van der Waals surface area contributed by atoms with E-state index in [9.17, 15) is 0 Å². The van der Waals surface area contributed by atoms with Gasteiger partial charge in [0.05, 0.1) is 0 Å². The van der Waals surface area contributed by atoms with Gasteiger partial charge in [-0.3, -0.25) is 0 Å². The molecule has 0 nitrogen and oxygen atoms in total. The fraction of sp³-hybridized carbons (Fsp3) is 0.383. The molecule has 0 amide bonds. The minimum Gasteiger partial charge on any atom is -1.00 e. The molecule has 0 N–H and O–H groups in total. The van der Waals surface area contributed by atoms with Crippen LogP contribution in [0.1, 0.15) is 90.5 Å². The molecule has 50 heavy (non-hydrogen) atoms. The molecule has 4 aromatic rings. The Hall–Kier alpha value is -2.31. The number of fused-ring (bicyclic) bond motifs is 3. The molecular weight excluding hydrogens is 727 g/mol. The molecule has 0 radical (unpaired) electrons. The van der Waals surface area contributed by atoms with Crippen molar-refractivity contribution in [1.29, 1.82) is 0 Å². The zero-order valence-corrected chi connectivity index (χ0v) is 34.5. The predicted octanol–water partition coefficient (Wildman–Crippen LogP) is 4.93. The van der Waals surface area contributed by atoms with Crippen molar-refractivity contribution in [1.82, 2.24) is 0 Å². The first-order chi connectivity index (χ1) is 23.2. The van der Waals surface area contributed by atoms with Crippen LogP contribution in [0.4, 0.5) is 0 Å². The van der Waals surface area contributed by atoms with Crippen LogP contribution in [0.2, 0.25) is 0 Å². The molecule has 4 bridgehead atoms. The standard InChI is InChI=1S/C17H23.C17H17.C13H10.2ClH.Zr/c1-11-3-4-14(5-11)17(2)15-7-12-6-13(9-15)10-16(17)8-12;1-10-5-14-9-15-6-11(2)13(4)8-17(15)16(14)7-12(10)3;1-3-7-12(8-4-1)11-13-9-5-2-6-10-13;;;/h4-5,11-13,15-16H,6-10H2,1-2H3;5,7-8H,9H2,1-4H3;1-10H;2*1H;/q;;;;;+2/p-2. The minimum absolute atomic E-state index is 0. The monoisotopic (exact) mass is 774 g/mol. The Bertz CT molecular complexity index is 2000. The SMILES string of the molecule is Cc1cc2c(cc1C)-c1cc(C)c(C)[c]([Zr+2]([C]3=CC(C4(C)C5CC6CC(C5)CC4C6)=CC3C)=[C](c3ccccc3)c3ccccc3)c1C2.[Cl-].[Cl-]. The maximum atomic E-state index is 2.85. The smallest absolute Gasteiger partial charge is 1.00 e. The van der Waals surface area contributed by atoms with E-state index in [4.69, 9.17) is 0 Å². The second-order valence-electron chi connectivity index (χ2n) is 16.6. The third kappa shape index (κ3) is 5.60. The van der Waals surface area contributed by atoms with Crippen molar-refractivity contribution in [2.75, 3.05) is 0 Å². The van der Waals surface area contributed by atoms with Crippen molar-refractivity contribution in [2.24, 2.45) is 35.0 Å². The second-order valence-corrected chi connectivity index (χ2v) is 22.3. The van der Waals surface area contributed by atoms with Crippen LogP contribution < -0.4 is 28.1 Å². The molecular formula is C47H50Cl2Zr. The van der Waals surface area contributed by atoms with Gasteiger partial charge in [-0.2, -0.15) is 0 Å². The van der Waals surface area contributed by atoms with Gasteiger partial charge in [0.25, 0.3) is 0 Å². The average Bonchev–Trinajstić information content (AvgIpc) is 3.63. The van der Waals surface area contributed by atoms with E-state index in [1.165, 1.54) is 76.6 Å². The Kier molecular flexibility index (Phi) is 9.80. The number of rotatable bonds is 5. The molecule has 0 aromatic heterocycles. The van der Waals surface area contributed by atoms with Crippen LogP contribution in [0.25, 0.3) is 11.1 Å². The van der Waals surface area contributed by atoms with Crippen LogP contribution in [0, 0.1) is 62.7 Å². The Morgan fingerprint density at radius 1 is 0.680 bits per heavy atom. The summed E-state index contributed by atoms with van der Waals surface area (Å²) in [7, 11) is 0. The summed E-state index contributed by atoms with van der Waals surface area (Å²) in [6, 6.07) is 30.6. The van der Waals surface area contributed by atoms with Crippen LogP contribution in [0.15, 0.2) is 99.9 Å². The molecule has 4 aromatic carbocycles. The van der Waals surface area contributed by atoms with E-state index in [2.05, 4.69) is 133 Å².